The van der Waals surface area contributed by atoms with Crippen LogP contribution < -0.4 is 10.6 Å². The molecule has 27 heavy (non-hydrogen) atoms. The molecule has 0 bridgehead atoms. The Labute approximate surface area is 157 Å². The van der Waals surface area contributed by atoms with Gasteiger partial charge in [0, 0.05) is 44.6 Å². The molecular weight excluding hydrogens is 338 g/mol. The van der Waals surface area contributed by atoms with Crippen molar-refractivity contribution < 1.29 is 0 Å². The number of anilines is 2. The highest BCUT2D eigenvalue weighted by molar-refractivity contribution is 6.01. The predicted molar refractivity (Wildman–Crippen MR) is 110 cm³/mol. The van der Waals surface area contributed by atoms with E-state index in [1.165, 1.54) is 5.69 Å². The van der Waals surface area contributed by atoms with Crippen molar-refractivity contribution in [3.8, 4) is 11.5 Å². The Morgan fingerprint density at radius 1 is 1.04 bits per heavy atom. The van der Waals surface area contributed by atoms with E-state index in [0.29, 0.717) is 5.69 Å². The lowest BCUT2D eigenvalue weighted by Crippen LogP contribution is -2.44. The van der Waals surface area contributed by atoms with E-state index in [4.69, 9.17) is 10.7 Å². The van der Waals surface area contributed by atoms with Gasteiger partial charge in [-0.15, -0.1) is 0 Å². The monoisotopic (exact) mass is 361 g/mol. The zero-order valence-electron chi connectivity index (χ0n) is 15.6. The Bertz CT molecular complexity index is 1130. The number of aryl methyl sites for hydroxylation is 1. The zero-order chi connectivity index (χ0) is 18.5. The van der Waals surface area contributed by atoms with Crippen molar-refractivity contribution in [1.82, 2.24) is 24.6 Å². The van der Waals surface area contributed by atoms with Crippen molar-refractivity contribution in [2.75, 3.05) is 43.9 Å². The van der Waals surface area contributed by atoms with E-state index >= 15 is 0 Å². The van der Waals surface area contributed by atoms with Crippen molar-refractivity contribution in [3.63, 3.8) is 0 Å². The first-order valence-electron chi connectivity index (χ1n) is 9.25. The molecule has 1 aliphatic heterocycles. The number of nitrogen functional groups attached to an aromatic ring is 1. The van der Waals surface area contributed by atoms with Gasteiger partial charge < -0.3 is 20.1 Å². The molecule has 5 rings (SSSR count). The third-order valence-electron chi connectivity index (χ3n) is 5.57. The van der Waals surface area contributed by atoms with Gasteiger partial charge in [-0.3, -0.25) is 5.10 Å². The van der Waals surface area contributed by atoms with Crippen LogP contribution in [0.15, 0.2) is 36.4 Å². The minimum absolute atomic E-state index is 0.710. The first-order chi connectivity index (χ1) is 13.1. The van der Waals surface area contributed by atoms with Crippen LogP contribution in [-0.4, -0.2) is 57.9 Å². The minimum Gasteiger partial charge on any atom is -0.398 e. The summed E-state index contributed by atoms with van der Waals surface area (Å²) in [6.45, 7) is 4.28. The Balaban J connectivity index is 1.61. The van der Waals surface area contributed by atoms with E-state index in [0.717, 1.165) is 59.6 Å². The summed E-state index contributed by atoms with van der Waals surface area (Å²) in [7, 11) is 4.21. The summed E-state index contributed by atoms with van der Waals surface area (Å²) in [4.78, 5) is 9.65. The number of piperazine rings is 1. The Kier molecular flexibility index (Phi) is 3.58. The summed E-state index contributed by atoms with van der Waals surface area (Å²) in [6, 6.07) is 12.3. The predicted octanol–water partition coefficient (Wildman–Crippen LogP) is 2.45. The molecule has 0 spiro atoms. The van der Waals surface area contributed by atoms with Crippen LogP contribution in [0.2, 0.25) is 0 Å². The van der Waals surface area contributed by atoms with Gasteiger partial charge in [0.15, 0.2) is 5.82 Å². The number of aromatic nitrogens is 4. The summed E-state index contributed by atoms with van der Waals surface area (Å²) in [5.41, 5.74) is 12.0. The number of nitrogens with zero attached hydrogens (tertiary/aromatic N) is 5. The van der Waals surface area contributed by atoms with E-state index in [2.05, 4.69) is 49.8 Å². The normalized spacial score (nSPS) is 15.9. The van der Waals surface area contributed by atoms with Crippen LogP contribution in [0.25, 0.3) is 33.5 Å². The molecule has 7 nitrogen and oxygen atoms in total. The molecule has 0 unspecified atom stereocenters. The summed E-state index contributed by atoms with van der Waals surface area (Å²) < 4.78 is 2.11. The number of H-pyrrole nitrogens is 1. The third kappa shape index (κ3) is 2.54. The van der Waals surface area contributed by atoms with Crippen LogP contribution >= 0.6 is 0 Å². The van der Waals surface area contributed by atoms with Crippen molar-refractivity contribution in [2.45, 2.75) is 0 Å². The summed E-state index contributed by atoms with van der Waals surface area (Å²) in [6.07, 6.45) is 0. The lowest BCUT2D eigenvalue weighted by molar-refractivity contribution is 0.313. The van der Waals surface area contributed by atoms with Crippen LogP contribution in [-0.2, 0) is 7.05 Å². The Hall–Kier alpha value is -3.06. The maximum Gasteiger partial charge on any atom is 0.162 e. The Morgan fingerprint density at radius 2 is 1.85 bits per heavy atom. The molecule has 0 atom stereocenters. The zero-order valence-corrected chi connectivity index (χ0v) is 15.6. The fourth-order valence-corrected chi connectivity index (χ4v) is 3.91. The average Bonchev–Trinajstić information content (AvgIpc) is 3.24. The van der Waals surface area contributed by atoms with Gasteiger partial charge in [0.2, 0.25) is 0 Å². The highest BCUT2D eigenvalue weighted by Crippen LogP contribution is 2.32. The molecule has 3 heterocycles. The topological polar surface area (TPSA) is 79.0 Å². The number of aromatic amines is 1. The van der Waals surface area contributed by atoms with Crippen molar-refractivity contribution in [3.05, 3.63) is 36.4 Å². The highest BCUT2D eigenvalue weighted by atomic mass is 15.2. The molecule has 0 aliphatic carbocycles. The molecule has 0 saturated carbocycles. The van der Waals surface area contributed by atoms with Crippen molar-refractivity contribution in [2.24, 2.45) is 7.05 Å². The maximum atomic E-state index is 6.21. The fraction of sp³-hybridized carbons (Fsp3) is 0.300. The number of likely N-dealkylation sites (N-methyl/N-ethyl adjacent to an activating group) is 1. The van der Waals surface area contributed by atoms with E-state index in [-0.39, 0.29) is 0 Å². The SMILES string of the molecule is CN1CCN(c2ccc3nc(-c4n[nH]c5cccc(N)c45)n(C)c3c2)CC1. The number of hydrogen-bond donors (Lipinski definition) is 2. The van der Waals surface area contributed by atoms with Crippen LogP contribution in [0.1, 0.15) is 0 Å². The van der Waals surface area contributed by atoms with E-state index < -0.39 is 0 Å². The quantitative estimate of drug-likeness (QED) is 0.536. The lowest BCUT2D eigenvalue weighted by atomic mass is 10.1. The lowest BCUT2D eigenvalue weighted by Gasteiger charge is -2.34. The number of benzene rings is 2. The number of fused-ring (bicyclic) bond motifs is 2. The van der Waals surface area contributed by atoms with Crippen LogP contribution in [0.3, 0.4) is 0 Å². The highest BCUT2D eigenvalue weighted by Gasteiger charge is 2.19. The summed E-state index contributed by atoms with van der Waals surface area (Å²) in [5, 5.41) is 8.49. The van der Waals surface area contributed by atoms with Gasteiger partial charge in [0.25, 0.3) is 0 Å². The molecule has 2 aromatic carbocycles. The smallest absolute Gasteiger partial charge is 0.162 e. The molecule has 3 N–H and O–H groups in total. The number of nitrogens with one attached hydrogen (secondary N) is 1. The second-order valence-corrected chi connectivity index (χ2v) is 7.30. The fourth-order valence-electron chi connectivity index (χ4n) is 3.91. The van der Waals surface area contributed by atoms with Gasteiger partial charge in [-0.1, -0.05) is 6.07 Å². The molecule has 0 radical (unpaired) electrons. The molecule has 1 aliphatic rings. The van der Waals surface area contributed by atoms with Crippen LogP contribution in [0.5, 0.6) is 0 Å². The summed E-state index contributed by atoms with van der Waals surface area (Å²) >= 11 is 0. The number of hydrogen-bond acceptors (Lipinski definition) is 5. The number of nitrogens with two attached hydrogens (primary N) is 1. The van der Waals surface area contributed by atoms with Crippen LogP contribution in [0.4, 0.5) is 11.4 Å². The second-order valence-electron chi connectivity index (χ2n) is 7.30. The first-order valence-corrected chi connectivity index (χ1v) is 9.25. The largest absolute Gasteiger partial charge is 0.398 e. The number of rotatable bonds is 2. The van der Waals surface area contributed by atoms with E-state index in [9.17, 15) is 0 Å². The van der Waals surface area contributed by atoms with E-state index in [1.807, 2.05) is 25.2 Å². The van der Waals surface area contributed by atoms with Crippen molar-refractivity contribution in [1.29, 1.82) is 0 Å². The molecule has 4 aromatic rings. The second kappa shape index (κ2) is 5.99. The molecule has 2 aromatic heterocycles. The van der Waals surface area contributed by atoms with Gasteiger partial charge in [0.05, 0.1) is 21.9 Å². The van der Waals surface area contributed by atoms with E-state index in [1.54, 1.807) is 0 Å². The van der Waals surface area contributed by atoms with Gasteiger partial charge in [-0.2, -0.15) is 5.10 Å². The third-order valence-corrected chi connectivity index (χ3v) is 5.57. The average molecular weight is 361 g/mol. The summed E-state index contributed by atoms with van der Waals surface area (Å²) in [5.74, 6) is 0.824. The minimum atomic E-state index is 0.710. The molecule has 1 fully saturated rings. The molecule has 7 heteroatoms. The van der Waals surface area contributed by atoms with Crippen LogP contribution in [0, 0.1) is 0 Å². The van der Waals surface area contributed by atoms with Gasteiger partial charge >= 0.3 is 0 Å². The molecular formula is C20H23N7. The molecule has 0 amide bonds. The molecule has 1 saturated heterocycles. The number of imidazole rings is 1. The molecule has 138 valence electrons. The van der Waals surface area contributed by atoms with Gasteiger partial charge in [-0.25, -0.2) is 4.98 Å². The van der Waals surface area contributed by atoms with Gasteiger partial charge in [0.1, 0.15) is 5.69 Å². The standard InChI is InChI=1S/C20H23N7/c1-25-8-10-27(11-9-25)13-6-7-15-17(12-13)26(2)20(22-15)19-18-14(21)4-3-5-16(18)23-24-19/h3-7,12H,8-11,21H2,1-2H3,(H,23,24). The van der Waals surface area contributed by atoms with Gasteiger partial charge in [-0.05, 0) is 37.4 Å². The van der Waals surface area contributed by atoms with Crippen molar-refractivity contribution >= 4 is 33.3 Å². The maximum absolute atomic E-state index is 6.21. The first kappa shape index (κ1) is 16.1. The Morgan fingerprint density at radius 3 is 2.67 bits per heavy atom.